The quantitative estimate of drug-likeness (QED) is 0.451. The molecule has 0 aromatic heterocycles. The van der Waals surface area contributed by atoms with Crippen molar-refractivity contribution in [1.82, 2.24) is 0 Å². The van der Waals surface area contributed by atoms with Gasteiger partial charge < -0.3 is 0 Å². The van der Waals surface area contributed by atoms with Crippen LogP contribution in [0.25, 0.3) is 0 Å². The van der Waals surface area contributed by atoms with Crippen molar-refractivity contribution >= 4 is 0 Å². The molecule has 4 saturated carbocycles. The van der Waals surface area contributed by atoms with Gasteiger partial charge in [-0.25, -0.2) is 0 Å². The highest BCUT2D eigenvalue weighted by Gasteiger charge is 2.40. The van der Waals surface area contributed by atoms with Crippen molar-refractivity contribution in [3.63, 3.8) is 0 Å². The van der Waals surface area contributed by atoms with Crippen LogP contribution >= 0.6 is 0 Å². The average molecular weight is 291 g/mol. The first kappa shape index (κ1) is 15.9. The smallest absolute Gasteiger partial charge is 0.0295 e. The van der Waals surface area contributed by atoms with E-state index < -0.39 is 0 Å². The summed E-state index contributed by atoms with van der Waals surface area (Å²) in [6, 6.07) is 0. The maximum Gasteiger partial charge on any atom is -0.0295 e. The second-order valence-corrected chi connectivity index (χ2v) is 9.98. The molecule has 0 amide bonds. The minimum Gasteiger partial charge on any atom is -0.0599 e. The van der Waals surface area contributed by atoms with Crippen LogP contribution in [-0.4, -0.2) is 0 Å². The van der Waals surface area contributed by atoms with Crippen molar-refractivity contribution in [2.75, 3.05) is 0 Å². The van der Waals surface area contributed by atoms with Crippen LogP contribution < -0.4 is 0 Å². The van der Waals surface area contributed by atoms with Crippen molar-refractivity contribution in [2.45, 2.75) is 104 Å². The van der Waals surface area contributed by atoms with E-state index in [1.54, 1.807) is 57.8 Å². The van der Waals surface area contributed by atoms with Gasteiger partial charge in [-0.05, 0) is 73.5 Å². The van der Waals surface area contributed by atoms with Crippen molar-refractivity contribution in [3.05, 3.63) is 0 Å². The van der Waals surface area contributed by atoms with Gasteiger partial charge in [-0.1, -0.05) is 59.3 Å². The van der Waals surface area contributed by atoms with Crippen molar-refractivity contribution in [3.8, 4) is 0 Å². The zero-order valence-corrected chi connectivity index (χ0v) is 14.9. The fourth-order valence-corrected chi connectivity index (χ4v) is 5.95. The first-order chi connectivity index (χ1) is 9.97. The minimum atomic E-state index is 0.538. The highest BCUT2D eigenvalue weighted by Crippen LogP contribution is 2.53. The van der Waals surface area contributed by atoms with Crippen LogP contribution in [0.15, 0.2) is 0 Å². The van der Waals surface area contributed by atoms with Crippen LogP contribution in [0.3, 0.4) is 0 Å². The third-order valence-electron chi connectivity index (χ3n) is 7.53. The van der Waals surface area contributed by atoms with E-state index in [0.29, 0.717) is 5.41 Å². The Balaban J connectivity index is 1.69. The lowest BCUT2D eigenvalue weighted by atomic mass is 9.60. The second-order valence-electron chi connectivity index (χ2n) is 9.98. The molecule has 0 unspecified atom stereocenters. The van der Waals surface area contributed by atoms with E-state index in [1.165, 1.54) is 25.7 Å². The summed E-state index contributed by atoms with van der Waals surface area (Å²) < 4.78 is 0. The van der Waals surface area contributed by atoms with Gasteiger partial charge in [-0.15, -0.1) is 0 Å². The molecule has 0 heteroatoms. The molecule has 21 heavy (non-hydrogen) atoms. The third kappa shape index (κ3) is 3.85. The van der Waals surface area contributed by atoms with Gasteiger partial charge in [0.25, 0.3) is 0 Å². The Morgan fingerprint density at radius 2 is 1.19 bits per heavy atom. The van der Waals surface area contributed by atoms with E-state index >= 15 is 0 Å². The molecule has 0 saturated heterocycles. The Morgan fingerprint density at radius 3 is 1.76 bits per heavy atom. The molecule has 0 heterocycles. The Hall–Kier alpha value is 0. The maximum atomic E-state index is 2.46. The molecule has 4 rings (SSSR count). The van der Waals surface area contributed by atoms with Gasteiger partial charge in [0.1, 0.15) is 0 Å². The van der Waals surface area contributed by atoms with Crippen molar-refractivity contribution < 1.29 is 0 Å². The van der Waals surface area contributed by atoms with Crippen LogP contribution in [-0.2, 0) is 0 Å². The van der Waals surface area contributed by atoms with Gasteiger partial charge in [0.15, 0.2) is 0 Å². The molecule has 0 atom stereocenters. The van der Waals surface area contributed by atoms with Crippen LogP contribution in [0.5, 0.6) is 0 Å². The van der Waals surface area contributed by atoms with Crippen LogP contribution in [0.2, 0.25) is 0 Å². The van der Waals surface area contributed by atoms with E-state index in [4.69, 9.17) is 0 Å². The molecular weight excluding hydrogens is 252 g/mol. The van der Waals surface area contributed by atoms with Crippen LogP contribution in [0.4, 0.5) is 0 Å². The van der Waals surface area contributed by atoms with Crippen LogP contribution in [0.1, 0.15) is 104 Å². The summed E-state index contributed by atoms with van der Waals surface area (Å²) in [6.45, 7) is 7.39. The zero-order chi connectivity index (χ0) is 14.9. The number of rotatable bonds is 0. The lowest BCUT2D eigenvalue weighted by Gasteiger charge is -2.45. The topological polar surface area (TPSA) is 0 Å². The maximum absolute atomic E-state index is 2.46. The summed E-state index contributed by atoms with van der Waals surface area (Å²) >= 11 is 0. The Bertz CT molecular complexity index is 316. The van der Waals surface area contributed by atoms with Gasteiger partial charge >= 0.3 is 0 Å². The fraction of sp³-hybridized carbons (Fsp3) is 1.00. The number of fused-ring (bicyclic) bond motifs is 5. The molecule has 0 aromatic rings. The first-order valence-corrected chi connectivity index (χ1v) is 9.97. The minimum absolute atomic E-state index is 0.538. The summed E-state index contributed by atoms with van der Waals surface area (Å²) in [6.07, 6.45) is 20.2. The summed E-state index contributed by atoms with van der Waals surface area (Å²) in [5, 5.41) is 0. The molecule has 4 aliphatic carbocycles. The predicted molar refractivity (Wildman–Crippen MR) is 92.4 cm³/mol. The van der Waals surface area contributed by atoms with E-state index in [0.717, 1.165) is 23.2 Å². The Kier molecular flexibility index (Phi) is 4.72. The lowest BCUT2D eigenvalue weighted by molar-refractivity contribution is 0.0575. The Labute approximate surface area is 133 Å². The molecule has 4 fully saturated rings. The normalized spacial score (nSPS) is 42.1. The largest absolute Gasteiger partial charge is 0.0599 e. The molecule has 2 bridgehead atoms. The first-order valence-electron chi connectivity index (χ1n) is 9.97. The van der Waals surface area contributed by atoms with E-state index in [1.807, 2.05) is 0 Å². The molecule has 0 aromatic carbocycles. The SMILES string of the molecule is CC(C)(C)C1CCC2(CCC3CCCC(CCC3)C2)CC1. The van der Waals surface area contributed by atoms with Gasteiger partial charge in [-0.2, -0.15) is 0 Å². The highest BCUT2D eigenvalue weighted by atomic mass is 14.5. The average Bonchev–Trinajstić information content (AvgIpc) is 2.52. The third-order valence-corrected chi connectivity index (χ3v) is 7.53. The van der Waals surface area contributed by atoms with Gasteiger partial charge in [0.2, 0.25) is 0 Å². The number of hydrogen-bond acceptors (Lipinski definition) is 0. The van der Waals surface area contributed by atoms with E-state index in [9.17, 15) is 0 Å². The van der Waals surface area contributed by atoms with Gasteiger partial charge in [-0.3, -0.25) is 0 Å². The summed E-state index contributed by atoms with van der Waals surface area (Å²) in [5.41, 5.74) is 1.30. The standard InChI is InChI=1S/C21H38/c1-20(2,3)19-11-14-21(15-12-19)13-10-17-6-4-8-18(16-21)9-5-7-17/h17-19H,4-16H2,1-3H3. The molecule has 0 nitrogen and oxygen atoms in total. The lowest BCUT2D eigenvalue weighted by Crippen LogP contribution is -2.34. The fourth-order valence-electron chi connectivity index (χ4n) is 5.95. The predicted octanol–water partition coefficient (Wildman–Crippen LogP) is 6.98. The molecule has 0 radical (unpaired) electrons. The van der Waals surface area contributed by atoms with Gasteiger partial charge in [0.05, 0.1) is 0 Å². The van der Waals surface area contributed by atoms with Gasteiger partial charge in [0, 0.05) is 0 Å². The van der Waals surface area contributed by atoms with E-state index in [2.05, 4.69) is 20.8 Å². The molecule has 122 valence electrons. The second kappa shape index (κ2) is 6.25. The van der Waals surface area contributed by atoms with Crippen molar-refractivity contribution in [2.24, 2.45) is 28.6 Å². The molecule has 0 N–H and O–H groups in total. The van der Waals surface area contributed by atoms with E-state index in [-0.39, 0.29) is 0 Å². The highest BCUT2D eigenvalue weighted by molar-refractivity contribution is 4.92. The monoisotopic (exact) mass is 290 g/mol. The summed E-state index contributed by atoms with van der Waals surface area (Å²) in [4.78, 5) is 0. The summed E-state index contributed by atoms with van der Waals surface area (Å²) in [7, 11) is 0. The van der Waals surface area contributed by atoms with Crippen LogP contribution in [0, 0.1) is 28.6 Å². The molecular formula is C21H38. The summed E-state index contributed by atoms with van der Waals surface area (Å²) in [5.74, 6) is 3.15. The molecule has 4 aliphatic rings. The van der Waals surface area contributed by atoms with Crippen molar-refractivity contribution in [1.29, 1.82) is 0 Å². The number of hydrogen-bond donors (Lipinski definition) is 0. The molecule has 0 aliphatic heterocycles. The Morgan fingerprint density at radius 1 is 0.667 bits per heavy atom. The molecule has 1 spiro atoms. The zero-order valence-electron chi connectivity index (χ0n) is 14.9.